The minimum absolute atomic E-state index is 0.0699. The smallest absolute Gasteiger partial charge is 0.119 e. The van der Waals surface area contributed by atoms with Gasteiger partial charge in [-0.3, -0.25) is 4.98 Å². The van der Waals surface area contributed by atoms with Crippen LogP contribution in [0.15, 0.2) is 42.7 Å². The van der Waals surface area contributed by atoms with Crippen molar-refractivity contribution < 1.29 is 4.74 Å². The van der Waals surface area contributed by atoms with Gasteiger partial charge in [-0.05, 0) is 48.7 Å². The van der Waals surface area contributed by atoms with Crippen LogP contribution >= 0.6 is 11.6 Å². The first kappa shape index (κ1) is 14.4. The van der Waals surface area contributed by atoms with E-state index in [-0.39, 0.29) is 6.04 Å². The van der Waals surface area contributed by atoms with Gasteiger partial charge >= 0.3 is 0 Å². The number of ether oxygens (including phenoxy) is 1. The van der Waals surface area contributed by atoms with Crippen molar-refractivity contribution in [3.63, 3.8) is 0 Å². The summed E-state index contributed by atoms with van der Waals surface area (Å²) in [5, 5.41) is 4.16. The molecule has 1 aliphatic carbocycles. The van der Waals surface area contributed by atoms with Gasteiger partial charge in [-0.1, -0.05) is 30.7 Å². The highest BCUT2D eigenvalue weighted by atomic mass is 35.5. The summed E-state index contributed by atoms with van der Waals surface area (Å²) >= 11 is 6.29. The third kappa shape index (κ3) is 3.55. The molecular formula is C17H19ClN2O. The number of nitrogens with zero attached hydrogens (tertiary/aromatic N) is 1. The van der Waals surface area contributed by atoms with Crippen molar-refractivity contribution in [3.8, 4) is 5.75 Å². The molecule has 0 bridgehead atoms. The number of nitrogens with one attached hydrogen (secondary N) is 1. The van der Waals surface area contributed by atoms with Crippen molar-refractivity contribution in [2.45, 2.75) is 31.9 Å². The van der Waals surface area contributed by atoms with Gasteiger partial charge in [0.05, 0.1) is 17.2 Å². The topological polar surface area (TPSA) is 34.1 Å². The molecular weight excluding hydrogens is 284 g/mol. The molecule has 1 atom stereocenters. The van der Waals surface area contributed by atoms with Crippen LogP contribution in [0.5, 0.6) is 5.75 Å². The molecule has 1 N–H and O–H groups in total. The Morgan fingerprint density at radius 3 is 2.67 bits per heavy atom. The lowest BCUT2D eigenvalue weighted by Gasteiger charge is -2.20. The minimum atomic E-state index is 0.0699. The lowest BCUT2D eigenvalue weighted by molar-refractivity contribution is 0.303. The third-order valence-electron chi connectivity index (χ3n) is 3.56. The Hall–Kier alpha value is -1.58. The molecule has 2 aromatic rings. The van der Waals surface area contributed by atoms with Gasteiger partial charge in [0.1, 0.15) is 5.75 Å². The van der Waals surface area contributed by atoms with Crippen LogP contribution in [0.4, 0.5) is 0 Å². The van der Waals surface area contributed by atoms with Gasteiger partial charge in [0.15, 0.2) is 0 Å². The van der Waals surface area contributed by atoms with Gasteiger partial charge in [-0.2, -0.15) is 0 Å². The van der Waals surface area contributed by atoms with Crippen LogP contribution in [0.3, 0.4) is 0 Å². The van der Waals surface area contributed by atoms with Gasteiger partial charge in [-0.25, -0.2) is 0 Å². The zero-order chi connectivity index (χ0) is 14.7. The summed E-state index contributed by atoms with van der Waals surface area (Å²) < 4.78 is 5.79. The molecule has 1 heterocycles. The summed E-state index contributed by atoms with van der Waals surface area (Å²) in [6, 6.07) is 10.3. The number of pyridine rings is 1. The summed E-state index contributed by atoms with van der Waals surface area (Å²) in [5.41, 5.74) is 2.22. The molecule has 0 saturated heterocycles. The first-order valence-corrected chi connectivity index (χ1v) is 7.75. The van der Waals surface area contributed by atoms with Crippen molar-refractivity contribution in [2.75, 3.05) is 6.54 Å². The largest absolute Gasteiger partial charge is 0.490 e. The van der Waals surface area contributed by atoms with Crippen LogP contribution in [0.25, 0.3) is 0 Å². The van der Waals surface area contributed by atoms with Crippen molar-refractivity contribution in [1.82, 2.24) is 10.3 Å². The van der Waals surface area contributed by atoms with E-state index in [1.165, 1.54) is 18.4 Å². The Labute approximate surface area is 130 Å². The molecule has 1 aliphatic rings. The fourth-order valence-electron chi connectivity index (χ4n) is 2.35. The lowest BCUT2D eigenvalue weighted by Crippen LogP contribution is -2.22. The van der Waals surface area contributed by atoms with Gasteiger partial charge < -0.3 is 10.1 Å². The molecule has 1 aromatic carbocycles. The first-order chi connectivity index (χ1) is 10.3. The van der Waals surface area contributed by atoms with E-state index >= 15 is 0 Å². The van der Waals surface area contributed by atoms with E-state index in [0.717, 1.165) is 17.9 Å². The summed E-state index contributed by atoms with van der Waals surface area (Å²) in [4.78, 5) is 4.06. The third-order valence-corrected chi connectivity index (χ3v) is 3.88. The van der Waals surface area contributed by atoms with Crippen LogP contribution in [0, 0.1) is 0 Å². The molecule has 21 heavy (non-hydrogen) atoms. The Morgan fingerprint density at radius 2 is 2.05 bits per heavy atom. The second-order valence-corrected chi connectivity index (χ2v) is 5.68. The molecule has 4 heteroatoms. The summed E-state index contributed by atoms with van der Waals surface area (Å²) in [7, 11) is 0. The highest BCUT2D eigenvalue weighted by Crippen LogP contribution is 2.30. The van der Waals surface area contributed by atoms with E-state index in [4.69, 9.17) is 16.3 Å². The Bertz CT molecular complexity index is 596. The average molecular weight is 303 g/mol. The molecule has 1 saturated carbocycles. The van der Waals surface area contributed by atoms with Crippen LogP contribution in [0.1, 0.15) is 36.9 Å². The van der Waals surface area contributed by atoms with Gasteiger partial charge in [-0.15, -0.1) is 0 Å². The highest BCUT2D eigenvalue weighted by molar-refractivity contribution is 6.31. The molecule has 0 amide bonds. The number of halogens is 1. The van der Waals surface area contributed by atoms with E-state index in [1.807, 2.05) is 18.2 Å². The molecule has 0 radical (unpaired) electrons. The fraction of sp³-hybridized carbons (Fsp3) is 0.353. The molecule has 1 aromatic heterocycles. The zero-order valence-corrected chi connectivity index (χ0v) is 12.8. The molecule has 0 spiro atoms. The van der Waals surface area contributed by atoms with Crippen LogP contribution in [0.2, 0.25) is 5.02 Å². The van der Waals surface area contributed by atoms with Crippen molar-refractivity contribution >= 4 is 11.6 Å². The predicted molar refractivity (Wildman–Crippen MR) is 84.9 cm³/mol. The predicted octanol–water partition coefficient (Wildman–Crippen LogP) is 3.98. The van der Waals surface area contributed by atoms with Gasteiger partial charge in [0.25, 0.3) is 0 Å². The summed E-state index contributed by atoms with van der Waals surface area (Å²) in [6.07, 6.45) is 6.24. The van der Waals surface area contributed by atoms with Gasteiger partial charge in [0.2, 0.25) is 0 Å². The fourth-order valence-corrected chi connectivity index (χ4v) is 2.58. The average Bonchev–Trinajstić information content (AvgIpc) is 3.31. The molecule has 1 fully saturated rings. The minimum Gasteiger partial charge on any atom is -0.490 e. The normalized spacial score (nSPS) is 15.7. The quantitative estimate of drug-likeness (QED) is 0.876. The van der Waals surface area contributed by atoms with Gasteiger partial charge in [0, 0.05) is 12.4 Å². The molecule has 1 unspecified atom stereocenters. The molecule has 110 valence electrons. The Morgan fingerprint density at radius 1 is 1.29 bits per heavy atom. The maximum Gasteiger partial charge on any atom is 0.119 e. The van der Waals surface area contributed by atoms with Crippen LogP contribution < -0.4 is 10.1 Å². The van der Waals surface area contributed by atoms with Crippen molar-refractivity contribution in [1.29, 1.82) is 0 Å². The number of hydrogen-bond acceptors (Lipinski definition) is 3. The standard InChI is InChI=1S/C17H19ClN2O/c1-2-20-17(15-9-10-19-11-16(15)18)12-3-5-13(6-4-12)21-14-7-8-14/h3-6,9-11,14,17,20H,2,7-8H2,1H3. The second-order valence-electron chi connectivity index (χ2n) is 5.27. The van der Waals surface area contributed by atoms with Crippen LogP contribution in [-0.4, -0.2) is 17.6 Å². The molecule has 0 aliphatic heterocycles. The maximum atomic E-state index is 6.29. The maximum absolute atomic E-state index is 6.29. The first-order valence-electron chi connectivity index (χ1n) is 7.37. The lowest BCUT2D eigenvalue weighted by atomic mass is 9.99. The van der Waals surface area contributed by atoms with E-state index in [1.54, 1.807) is 12.4 Å². The number of benzene rings is 1. The van der Waals surface area contributed by atoms with E-state index in [9.17, 15) is 0 Å². The molecule has 3 rings (SSSR count). The van der Waals surface area contributed by atoms with E-state index in [0.29, 0.717) is 11.1 Å². The number of rotatable bonds is 6. The van der Waals surface area contributed by atoms with Crippen molar-refractivity contribution in [2.24, 2.45) is 0 Å². The van der Waals surface area contributed by atoms with Crippen molar-refractivity contribution in [3.05, 3.63) is 58.9 Å². The Kier molecular flexibility index (Phi) is 4.42. The second kappa shape index (κ2) is 6.46. The number of hydrogen-bond donors (Lipinski definition) is 1. The monoisotopic (exact) mass is 302 g/mol. The van der Waals surface area contributed by atoms with Crippen LogP contribution in [-0.2, 0) is 0 Å². The highest BCUT2D eigenvalue weighted by Gasteiger charge is 2.23. The van der Waals surface area contributed by atoms with E-state index < -0.39 is 0 Å². The summed E-state index contributed by atoms with van der Waals surface area (Å²) in [6.45, 7) is 2.95. The number of aromatic nitrogens is 1. The Balaban J connectivity index is 1.84. The molecule has 3 nitrogen and oxygen atoms in total. The SMILES string of the molecule is CCNC(c1ccc(OC2CC2)cc1)c1ccncc1Cl. The zero-order valence-electron chi connectivity index (χ0n) is 12.1. The summed E-state index contributed by atoms with van der Waals surface area (Å²) in [5.74, 6) is 0.942. The van der Waals surface area contributed by atoms with E-state index in [2.05, 4.69) is 29.4 Å².